The maximum atomic E-state index is 14.5. The number of alkyl halides is 1. The first kappa shape index (κ1) is 76.3. The lowest BCUT2D eigenvalue weighted by Crippen LogP contribution is -2.56. The minimum absolute atomic E-state index is 0.0173. The monoisotopic (exact) mass is 1560 g/mol. The van der Waals surface area contributed by atoms with Gasteiger partial charge in [0.15, 0.2) is 32.9 Å². The molecule has 6 aromatic carbocycles. The molecule has 3 heterocycles. The van der Waals surface area contributed by atoms with E-state index in [0.29, 0.717) is 39.8 Å². The van der Waals surface area contributed by atoms with Gasteiger partial charge in [0.05, 0.1) is 59.8 Å². The summed E-state index contributed by atoms with van der Waals surface area (Å²) in [5.74, 6) is 3.68. The van der Waals surface area contributed by atoms with Crippen molar-refractivity contribution in [2.75, 3.05) is 21.3 Å². The smallest absolute Gasteiger partial charge is 0.262 e. The zero-order valence-corrected chi connectivity index (χ0v) is 66.4. The number of halogens is 1. The van der Waals surface area contributed by atoms with Gasteiger partial charge in [-0.05, 0) is 268 Å². The molecule has 0 radical (unpaired) electrons. The maximum absolute atomic E-state index is 14.5. The van der Waals surface area contributed by atoms with E-state index in [1.54, 1.807) is 50.1 Å². The predicted molar refractivity (Wildman–Crippen MR) is 433 cm³/mol. The third-order valence-corrected chi connectivity index (χ3v) is 28.5. The number of nitrogens with two attached hydrogens (primary N) is 1. The van der Waals surface area contributed by atoms with E-state index in [1.807, 2.05) is 60.7 Å². The number of nitrogens with one attached hydrogen (secondary N) is 3. The Kier molecular flexibility index (Phi) is 22.4. The number of fused-ring (bicyclic) bond motifs is 9. The zero-order chi connectivity index (χ0) is 75.7. The number of hydrogen-bond donors (Lipinski definition) is 4. The van der Waals surface area contributed by atoms with Crippen molar-refractivity contribution in [2.24, 2.45) is 49.7 Å². The van der Waals surface area contributed by atoms with E-state index in [1.165, 1.54) is 96.7 Å². The molecular weight excluding hydrogens is 1460 g/mol. The number of methoxy groups -OCH3 is 3. The van der Waals surface area contributed by atoms with E-state index in [-0.39, 0.29) is 52.1 Å². The highest BCUT2D eigenvalue weighted by atomic mass is 79.9. The highest BCUT2D eigenvalue weighted by Crippen LogP contribution is 2.65. The van der Waals surface area contributed by atoms with Crippen LogP contribution < -0.4 is 21.7 Å². The molecule has 6 aromatic rings. The molecule has 19 heteroatoms. The molecule has 109 heavy (non-hydrogen) atoms. The maximum Gasteiger partial charge on any atom is 0.262 e. The Hall–Kier alpha value is -8.06. The third kappa shape index (κ3) is 15.0. The van der Waals surface area contributed by atoms with Crippen molar-refractivity contribution in [3.8, 4) is 18.2 Å². The molecule has 566 valence electrons. The number of hydrogen-bond acceptors (Lipinski definition) is 14. The van der Waals surface area contributed by atoms with Crippen molar-refractivity contribution in [3.05, 3.63) is 211 Å². The Morgan fingerprint density at radius 3 is 1.39 bits per heavy atom. The van der Waals surface area contributed by atoms with Crippen LogP contribution in [-0.2, 0) is 101 Å². The Labute approximate surface area is 660 Å². The Morgan fingerprint density at radius 2 is 0.936 bits per heavy atom. The summed E-state index contributed by atoms with van der Waals surface area (Å²) in [6, 6.07) is 49.5. The van der Waals surface area contributed by atoms with Gasteiger partial charge in [0, 0.05) is 48.7 Å². The first-order chi connectivity index (χ1) is 52.9. The average Bonchev–Trinajstić information content (AvgIpc) is 1.54. The van der Waals surface area contributed by atoms with E-state index in [9.17, 15) is 24.9 Å². The van der Waals surface area contributed by atoms with E-state index >= 15 is 0 Å². The fourth-order valence-electron chi connectivity index (χ4n) is 20.1. The summed E-state index contributed by atoms with van der Waals surface area (Å²) in [6.07, 6.45) is 30.1. The summed E-state index contributed by atoms with van der Waals surface area (Å²) in [5, 5.41) is 38.6. The number of carbonyl (C=O) groups is 3. The summed E-state index contributed by atoms with van der Waals surface area (Å²) < 4.78 is 17.0. The number of amides is 3. The van der Waals surface area contributed by atoms with Crippen molar-refractivity contribution in [1.29, 1.82) is 15.8 Å². The van der Waals surface area contributed by atoms with Crippen LogP contribution in [0.25, 0.3) is 0 Å². The lowest BCUT2D eigenvalue weighted by molar-refractivity contribution is -0.138. The average molecular weight is 1560 g/mol. The number of nitrogens with zero attached hydrogens (tertiary/aromatic N) is 6. The molecule has 3 aliphatic heterocycles. The van der Waals surface area contributed by atoms with Gasteiger partial charge in [0.2, 0.25) is 0 Å². The van der Waals surface area contributed by atoms with E-state index in [4.69, 9.17) is 47.4 Å². The Morgan fingerprint density at radius 1 is 0.514 bits per heavy atom. The highest BCUT2D eigenvalue weighted by molar-refractivity contribution is 9.08. The van der Waals surface area contributed by atoms with Gasteiger partial charge in [-0.1, -0.05) is 157 Å². The van der Waals surface area contributed by atoms with Crippen LogP contribution in [0.2, 0.25) is 0 Å². The number of thiocarbonyl (C=S) groups is 1. The Bertz CT molecular complexity index is 4670. The largest absolute Gasteiger partial charge is 0.381 e. The number of aliphatic imine (C=N–C) groups is 2. The topological polar surface area (TPSA) is 240 Å². The summed E-state index contributed by atoms with van der Waals surface area (Å²) in [7, 11) is 5.37. The number of benzene rings is 6. The molecule has 0 aromatic heterocycles. The van der Waals surface area contributed by atoms with Gasteiger partial charge < -0.3 is 35.9 Å². The number of rotatable bonds is 17. The lowest BCUT2D eigenvalue weighted by atomic mass is 9.61. The zero-order valence-electron chi connectivity index (χ0n) is 63.2. The van der Waals surface area contributed by atoms with Gasteiger partial charge in [0.1, 0.15) is 0 Å². The number of guanidine groups is 1. The van der Waals surface area contributed by atoms with E-state index < -0.39 is 16.6 Å². The minimum Gasteiger partial charge on any atom is -0.381 e. The fourth-order valence-corrected chi connectivity index (χ4v) is 21.5. The quantitative estimate of drug-likeness (QED) is 0.0491. The molecule has 18 rings (SSSR count). The number of thioether (sulfide) groups is 1. The van der Waals surface area contributed by atoms with Crippen LogP contribution >= 0.6 is 39.9 Å². The van der Waals surface area contributed by atoms with E-state index in [2.05, 4.69) is 105 Å². The van der Waals surface area contributed by atoms with Gasteiger partial charge in [0.25, 0.3) is 17.7 Å². The highest BCUT2D eigenvalue weighted by Gasteiger charge is 2.69. The molecule has 3 amide bonds. The van der Waals surface area contributed by atoms with Crippen molar-refractivity contribution < 1.29 is 28.6 Å². The van der Waals surface area contributed by atoms with Crippen LogP contribution in [-0.4, -0.2) is 78.5 Å². The first-order valence-electron chi connectivity index (χ1n) is 39.8. The standard InChI is InChI=1S/C30H34N4O2.C30H33N3O2S.C22H28N2O2S.C8H6BrN/c1-36-25-11-13-29(14-12-25)17-24-10-9-21(8-7-20-5-6-20)16-26(24)30(29)27(35)34(28(32)33-30)19-23-4-2-3-22(15-23)18-31;1-35-25-11-13-29(14-12-25)17-24-10-9-21(8-7-20-5-6-20)16-26(24)30(29)27(34)32-28(33-30)36-19-23-4-2-3-22(15-23)18-31;1-26-17-8-10-21(11-9-17)13-16-7-6-15(5-4-14-2-3-14)12-18(16)22(21)19(25)23-20(27)24-22;9-5-7-2-1-3-8(4-7)6-10/h2-4,9-10,15-16,20,25H,5-8,11-14,17,19H2,1H3,(H2,32,33);2-4,9-10,15-16,20,25H,5-8,11-14,17,19H2,1H3,(H,32,33,34);6-7,12,14,17H,2-5,8-11,13H2,1H3,(H2,23,24,25,27);1-4H,5H2. The van der Waals surface area contributed by atoms with Crippen molar-refractivity contribution >= 4 is 73.9 Å². The lowest BCUT2D eigenvalue weighted by Gasteiger charge is -2.46. The normalized spacial score (nSPS) is 28.5. The second-order valence-electron chi connectivity index (χ2n) is 33.3. The molecule has 3 atom stereocenters. The molecule has 12 aliphatic rings. The summed E-state index contributed by atoms with van der Waals surface area (Å²) >= 11 is 10.3. The van der Waals surface area contributed by atoms with Gasteiger partial charge in [-0.25, -0.2) is 9.98 Å². The summed E-state index contributed by atoms with van der Waals surface area (Å²) in [4.78, 5) is 53.8. The van der Waals surface area contributed by atoms with Crippen LogP contribution in [0.15, 0.2) is 137 Å². The molecule has 6 saturated carbocycles. The van der Waals surface area contributed by atoms with Gasteiger partial charge in [-0.2, -0.15) is 15.8 Å². The van der Waals surface area contributed by atoms with Crippen LogP contribution in [0.3, 0.4) is 0 Å². The number of aryl methyl sites for hydroxylation is 3. The predicted octanol–water partition coefficient (Wildman–Crippen LogP) is 16.0. The fraction of sp³-hybridized carbons (Fsp3) is 0.500. The van der Waals surface area contributed by atoms with Crippen molar-refractivity contribution in [3.63, 3.8) is 0 Å². The Balaban J connectivity index is 0.000000123. The summed E-state index contributed by atoms with van der Waals surface area (Å²) in [6.45, 7) is 0.318. The van der Waals surface area contributed by atoms with Gasteiger partial charge in [-0.15, -0.1) is 0 Å². The van der Waals surface area contributed by atoms with E-state index in [0.717, 1.165) is 172 Å². The molecule has 1 saturated heterocycles. The van der Waals surface area contributed by atoms with Crippen LogP contribution in [0.1, 0.15) is 218 Å². The molecule has 6 spiro atoms. The molecule has 0 bridgehead atoms. The van der Waals surface area contributed by atoms with Crippen LogP contribution in [0.4, 0.5) is 0 Å². The van der Waals surface area contributed by atoms with Crippen molar-refractivity contribution in [1.82, 2.24) is 20.9 Å². The van der Waals surface area contributed by atoms with Gasteiger partial charge >= 0.3 is 0 Å². The molecule has 7 fully saturated rings. The minimum atomic E-state index is -0.979. The number of ether oxygens (including phenoxy) is 3. The summed E-state index contributed by atoms with van der Waals surface area (Å²) in [5.41, 5.74) is 19.6. The van der Waals surface area contributed by atoms with Crippen LogP contribution in [0, 0.1) is 68.0 Å². The number of amidine groups is 1. The van der Waals surface area contributed by atoms with Crippen LogP contribution in [0.5, 0.6) is 0 Å². The molecule has 9 aliphatic carbocycles. The molecular formula is C90H101BrN10O6S2. The molecule has 16 nitrogen and oxygen atoms in total. The van der Waals surface area contributed by atoms with Gasteiger partial charge in [-0.3, -0.25) is 19.3 Å². The number of carbonyl (C=O) groups excluding carboxylic acids is 3. The first-order valence-corrected chi connectivity index (χ1v) is 42.3. The third-order valence-electron chi connectivity index (χ3n) is 26.7. The molecule has 3 unspecified atom stereocenters. The molecule has 5 N–H and O–H groups in total. The van der Waals surface area contributed by atoms with Crippen molar-refractivity contribution in [2.45, 2.75) is 226 Å². The second kappa shape index (κ2) is 32.0. The SMILES string of the molecule is COC1CCC2(CC1)Cc1ccc(CCC3CC3)cc1C21N=C(N)N(Cc2cccc(C#N)c2)C1=O.COC1CCC2(CC1)Cc1ccc(CCC3CC3)cc1C21N=C(SCc2cccc(C#N)c2)NC1=O.COC1CCC2(CC1)Cc1ccc(CCC3CC3)cc1C21NC(=S)NC1=O.N#Cc1cccc(CBr)c1. The second-order valence-corrected chi connectivity index (χ2v) is 35.2. The number of nitriles is 3.